The molecule has 0 bridgehead atoms. The molecule has 0 N–H and O–H groups in total. The van der Waals surface area contributed by atoms with E-state index in [9.17, 15) is 0 Å². The Morgan fingerprint density at radius 1 is 0.317 bits per heavy atom. The van der Waals surface area contributed by atoms with Crippen molar-refractivity contribution in [3.8, 4) is 39.3 Å². The van der Waals surface area contributed by atoms with Crippen molar-refractivity contribution in [3.63, 3.8) is 0 Å². The second kappa shape index (κ2) is 12.3. The molecule has 0 fully saturated rings. The van der Waals surface area contributed by atoms with Crippen molar-refractivity contribution in [2.45, 2.75) is 13.1 Å². The largest absolute Gasteiger partial charge is 0.309 e. The molecule has 0 saturated carbocycles. The van der Waals surface area contributed by atoms with Crippen molar-refractivity contribution in [3.05, 3.63) is 200 Å². The molecule has 3 aromatic heterocycles. The summed E-state index contributed by atoms with van der Waals surface area (Å²) in [5, 5.41) is 10.7. The number of aromatic nitrogens is 3. The molecule has 0 unspecified atom stereocenters. The summed E-state index contributed by atoms with van der Waals surface area (Å²) in [6, 6.07) is 74.4. The van der Waals surface area contributed by atoms with Crippen molar-refractivity contribution in [1.29, 1.82) is 0 Å². The van der Waals surface area contributed by atoms with Gasteiger partial charge in [-0.15, -0.1) is 0 Å². The van der Waals surface area contributed by atoms with Crippen molar-refractivity contribution < 1.29 is 0 Å². The molecule has 4 heteroatoms. The van der Waals surface area contributed by atoms with E-state index in [0.29, 0.717) is 0 Å². The van der Waals surface area contributed by atoms with Gasteiger partial charge in [0, 0.05) is 49.3 Å². The molecule has 0 spiro atoms. The van der Waals surface area contributed by atoms with Crippen LogP contribution in [0.3, 0.4) is 0 Å². The third-order valence-electron chi connectivity index (χ3n) is 13.4. The second-order valence-corrected chi connectivity index (χ2v) is 21.2. The summed E-state index contributed by atoms with van der Waals surface area (Å²) in [5.74, 6) is 0. The summed E-state index contributed by atoms with van der Waals surface area (Å²) in [5.41, 5.74) is 16.1. The first-order valence-electron chi connectivity index (χ1n) is 20.9. The molecule has 12 aromatic rings. The fraction of sp³-hybridized carbons (Fsp3) is 0.0357. The summed E-state index contributed by atoms with van der Waals surface area (Å²) in [7, 11) is -1.87. The van der Waals surface area contributed by atoms with Crippen LogP contribution in [0, 0.1) is 0 Å². The number of rotatable bonds is 4. The topological polar surface area (TPSA) is 14.8 Å². The minimum absolute atomic E-state index is 1.17. The Bertz CT molecular complexity index is 3750. The maximum atomic E-state index is 2.51. The van der Waals surface area contributed by atoms with E-state index in [1.807, 2.05) is 0 Å². The van der Waals surface area contributed by atoms with E-state index in [2.05, 4.69) is 227 Å². The van der Waals surface area contributed by atoms with Crippen molar-refractivity contribution in [1.82, 2.24) is 13.7 Å². The van der Waals surface area contributed by atoms with Crippen molar-refractivity contribution in [2.75, 3.05) is 0 Å². The Morgan fingerprint density at radius 2 is 0.833 bits per heavy atom. The molecule has 0 amide bonds. The lowest BCUT2D eigenvalue weighted by molar-refractivity contribution is 1.17. The Morgan fingerprint density at radius 3 is 1.58 bits per heavy atom. The predicted molar refractivity (Wildman–Crippen MR) is 257 cm³/mol. The minimum atomic E-state index is -1.87. The van der Waals surface area contributed by atoms with Crippen molar-refractivity contribution >= 4 is 83.9 Å². The molecule has 0 atom stereocenters. The fourth-order valence-electron chi connectivity index (χ4n) is 10.8. The second-order valence-electron chi connectivity index (χ2n) is 16.9. The zero-order valence-electron chi connectivity index (χ0n) is 33.4. The summed E-state index contributed by atoms with van der Waals surface area (Å²) in [6.07, 6.45) is 0. The number of hydrogen-bond donors (Lipinski definition) is 0. The van der Waals surface area contributed by atoms with E-state index >= 15 is 0 Å². The average molecular weight is 782 g/mol. The number of nitrogens with zero attached hydrogens (tertiary/aromatic N) is 3. The smallest absolute Gasteiger partial charge is 0.113 e. The van der Waals surface area contributed by atoms with E-state index in [4.69, 9.17) is 0 Å². The van der Waals surface area contributed by atoms with Gasteiger partial charge in [0.1, 0.15) is 8.07 Å². The Balaban J connectivity index is 1.05. The lowest BCUT2D eigenvalue weighted by Gasteiger charge is -2.20. The highest BCUT2D eigenvalue weighted by molar-refractivity contribution is 7.03. The first-order valence-corrected chi connectivity index (χ1v) is 23.9. The molecule has 3 nitrogen and oxygen atoms in total. The maximum absolute atomic E-state index is 2.51. The fourth-order valence-corrected chi connectivity index (χ4v) is 13.9. The molecule has 9 aromatic carbocycles. The third-order valence-corrected chi connectivity index (χ3v) is 17.0. The molecule has 1 aliphatic heterocycles. The van der Waals surface area contributed by atoms with Gasteiger partial charge in [0.2, 0.25) is 0 Å². The quantitative estimate of drug-likeness (QED) is 0.158. The maximum Gasteiger partial charge on any atom is 0.113 e. The normalized spacial score (nSPS) is 13.3. The van der Waals surface area contributed by atoms with E-state index in [1.54, 1.807) is 0 Å². The monoisotopic (exact) mass is 781 g/mol. The Labute approximate surface area is 348 Å². The van der Waals surface area contributed by atoms with Crippen LogP contribution >= 0.6 is 0 Å². The zero-order valence-corrected chi connectivity index (χ0v) is 34.4. The van der Waals surface area contributed by atoms with Gasteiger partial charge in [-0.3, -0.25) is 0 Å². The molecular weight excluding hydrogens is 743 g/mol. The molecule has 1 aliphatic rings. The first kappa shape index (κ1) is 33.6. The van der Waals surface area contributed by atoms with Gasteiger partial charge in [-0.1, -0.05) is 140 Å². The summed E-state index contributed by atoms with van der Waals surface area (Å²) < 4.78 is 7.41. The van der Waals surface area contributed by atoms with Gasteiger partial charge in [-0.05, 0) is 99.9 Å². The number of para-hydroxylation sites is 5. The average Bonchev–Trinajstić information content (AvgIpc) is 4.00. The lowest BCUT2D eigenvalue weighted by atomic mass is 10.0. The first-order chi connectivity index (χ1) is 29.6. The van der Waals surface area contributed by atoms with Gasteiger partial charge in [0.15, 0.2) is 0 Å². The molecule has 4 heterocycles. The summed E-state index contributed by atoms with van der Waals surface area (Å²) in [4.78, 5) is 0. The molecule has 0 radical (unpaired) electrons. The molecule has 0 aliphatic carbocycles. The van der Waals surface area contributed by atoms with Crippen molar-refractivity contribution in [2.24, 2.45) is 0 Å². The van der Waals surface area contributed by atoms with Gasteiger partial charge in [-0.2, -0.15) is 0 Å². The van der Waals surface area contributed by atoms with Crippen LogP contribution in [0.5, 0.6) is 0 Å². The van der Waals surface area contributed by atoms with Gasteiger partial charge in [0.25, 0.3) is 0 Å². The molecule has 282 valence electrons. The van der Waals surface area contributed by atoms with E-state index < -0.39 is 8.07 Å². The number of fused-ring (bicyclic) bond motifs is 13. The minimum Gasteiger partial charge on any atom is -0.309 e. The van der Waals surface area contributed by atoms with Crippen LogP contribution in [-0.4, -0.2) is 21.8 Å². The van der Waals surface area contributed by atoms with E-state index in [-0.39, 0.29) is 0 Å². The van der Waals surface area contributed by atoms with E-state index in [0.717, 1.165) is 0 Å². The van der Waals surface area contributed by atoms with Gasteiger partial charge >= 0.3 is 0 Å². The van der Waals surface area contributed by atoms with Gasteiger partial charge < -0.3 is 13.7 Å². The standard InChI is InChI=1S/C56H39N3Si/c1-60(2)53-27-15-10-20-41(53)42-30-29-38(35-54(42)60)58-48-25-13-8-21-43(48)55-51(58)32-33-52-56(55)44-22-9-14-26-49(44)59(52)46-23-11-6-18-39(46)36-28-31-50-45(34-36)40-19-7-12-24-47(40)57(50)37-16-4-3-5-17-37/h3-35H,1-2H3. The highest BCUT2D eigenvalue weighted by Crippen LogP contribution is 2.44. The molecule has 0 saturated heterocycles. The molecular formula is C56H39N3Si. The highest BCUT2D eigenvalue weighted by atomic mass is 28.3. The molecule has 13 rings (SSSR count). The van der Waals surface area contributed by atoms with Gasteiger partial charge in [-0.25, -0.2) is 0 Å². The molecule has 60 heavy (non-hydrogen) atoms. The Kier molecular flexibility index (Phi) is 6.88. The third kappa shape index (κ3) is 4.48. The zero-order chi connectivity index (χ0) is 39.7. The van der Waals surface area contributed by atoms with Gasteiger partial charge in [0.05, 0.1) is 38.8 Å². The SMILES string of the molecule is C[Si]1(C)c2ccccc2-c2ccc(-n3c4ccccc4c4c5c6ccccc6n(-c6ccccc6-c6ccc7c(c6)c6ccccc6n7-c6ccccc6)c5ccc43)cc21. The number of hydrogen-bond acceptors (Lipinski definition) is 0. The highest BCUT2D eigenvalue weighted by Gasteiger charge is 2.37. The van der Waals surface area contributed by atoms with E-state index in [1.165, 1.54) is 115 Å². The van der Waals surface area contributed by atoms with Crippen LogP contribution in [-0.2, 0) is 0 Å². The van der Waals surface area contributed by atoms with Crippen LogP contribution in [0.2, 0.25) is 13.1 Å². The van der Waals surface area contributed by atoms with Crippen LogP contribution in [0.1, 0.15) is 0 Å². The number of benzene rings is 9. The lowest BCUT2D eigenvalue weighted by Crippen LogP contribution is -2.49. The Hall–Kier alpha value is -7.40. The van der Waals surface area contributed by atoms with Crippen LogP contribution < -0.4 is 10.4 Å². The summed E-state index contributed by atoms with van der Waals surface area (Å²) in [6.45, 7) is 5.01. The predicted octanol–water partition coefficient (Wildman–Crippen LogP) is 13.4. The summed E-state index contributed by atoms with van der Waals surface area (Å²) >= 11 is 0. The van der Waals surface area contributed by atoms with Crippen LogP contribution in [0.15, 0.2) is 200 Å². The van der Waals surface area contributed by atoms with Crippen LogP contribution in [0.25, 0.3) is 105 Å². The van der Waals surface area contributed by atoms with Crippen LogP contribution in [0.4, 0.5) is 0 Å².